The highest BCUT2D eigenvalue weighted by molar-refractivity contribution is 5.79. The number of rotatable bonds is 4. The van der Waals surface area contributed by atoms with Crippen molar-refractivity contribution in [2.24, 2.45) is 0 Å². The molecule has 3 N–H and O–H groups in total. The van der Waals surface area contributed by atoms with Crippen molar-refractivity contribution in [3.63, 3.8) is 0 Å². The minimum atomic E-state index is -1.78. The zero-order valence-corrected chi connectivity index (χ0v) is 11.8. The van der Waals surface area contributed by atoms with Gasteiger partial charge in [-0.2, -0.15) is 0 Å². The Balaban J connectivity index is 1.80. The van der Waals surface area contributed by atoms with Crippen molar-refractivity contribution < 1.29 is 15.0 Å². The molecule has 0 saturated carbocycles. The molecule has 0 aromatic heterocycles. The molecule has 21 heavy (non-hydrogen) atoms. The second-order valence-electron chi connectivity index (χ2n) is 5.64. The van der Waals surface area contributed by atoms with Crippen molar-refractivity contribution in [3.05, 3.63) is 53.6 Å². The minimum absolute atomic E-state index is 0.0337. The number of carboxylic acids is 1. The van der Waals surface area contributed by atoms with E-state index in [1.807, 2.05) is 30.3 Å². The van der Waals surface area contributed by atoms with Crippen LogP contribution < -0.4 is 5.32 Å². The highest BCUT2D eigenvalue weighted by Gasteiger charge is 2.29. The summed E-state index contributed by atoms with van der Waals surface area (Å²) in [5, 5.41) is 21.6. The van der Waals surface area contributed by atoms with Gasteiger partial charge in [0.2, 0.25) is 0 Å². The van der Waals surface area contributed by atoms with Gasteiger partial charge in [-0.1, -0.05) is 30.3 Å². The Hall–Kier alpha value is -2.33. The van der Waals surface area contributed by atoms with E-state index < -0.39 is 11.6 Å². The van der Waals surface area contributed by atoms with Crippen LogP contribution in [0.2, 0.25) is 0 Å². The largest absolute Gasteiger partial charge is 0.479 e. The molecular weight excluding hydrogens is 266 g/mol. The molecule has 108 valence electrons. The van der Waals surface area contributed by atoms with Crippen LogP contribution in [0, 0.1) is 0 Å². The molecule has 0 spiro atoms. The summed E-state index contributed by atoms with van der Waals surface area (Å²) in [7, 11) is 0. The standard InChI is InChI=1S/C17H17NO3/c1-17(21,16(19)20)10-18-13-6-7-15-12(9-13)8-11-4-2-3-5-14(11)15/h2-7,9,18,21H,8,10H2,1H3,(H,19,20). The van der Waals surface area contributed by atoms with Crippen LogP contribution in [0.15, 0.2) is 42.5 Å². The number of hydrogen-bond acceptors (Lipinski definition) is 3. The van der Waals surface area contributed by atoms with Crippen molar-refractivity contribution in [1.29, 1.82) is 0 Å². The molecule has 1 unspecified atom stereocenters. The number of hydrogen-bond donors (Lipinski definition) is 3. The van der Waals surface area contributed by atoms with Crippen LogP contribution in [0.3, 0.4) is 0 Å². The maximum absolute atomic E-state index is 10.9. The zero-order valence-electron chi connectivity index (χ0n) is 11.8. The first-order chi connectivity index (χ1) is 9.97. The maximum atomic E-state index is 10.9. The summed E-state index contributed by atoms with van der Waals surface area (Å²) in [5.41, 5.74) is 4.06. The van der Waals surface area contributed by atoms with Crippen LogP contribution >= 0.6 is 0 Å². The van der Waals surface area contributed by atoms with Crippen molar-refractivity contribution in [3.8, 4) is 11.1 Å². The van der Waals surface area contributed by atoms with Gasteiger partial charge in [-0.15, -0.1) is 0 Å². The maximum Gasteiger partial charge on any atom is 0.337 e. The number of nitrogens with one attached hydrogen (secondary N) is 1. The quantitative estimate of drug-likeness (QED) is 0.688. The van der Waals surface area contributed by atoms with Gasteiger partial charge in [0.1, 0.15) is 0 Å². The van der Waals surface area contributed by atoms with Crippen LogP contribution in [0.5, 0.6) is 0 Å². The van der Waals surface area contributed by atoms with Crippen LogP contribution in [-0.4, -0.2) is 28.3 Å². The normalized spacial score (nSPS) is 15.0. The highest BCUT2D eigenvalue weighted by Crippen LogP contribution is 2.37. The van der Waals surface area contributed by atoms with Gasteiger partial charge in [0.05, 0.1) is 6.54 Å². The molecule has 1 aliphatic rings. The summed E-state index contributed by atoms with van der Waals surface area (Å²) in [6.45, 7) is 1.25. The fourth-order valence-electron chi connectivity index (χ4n) is 2.60. The topological polar surface area (TPSA) is 69.6 Å². The molecule has 0 amide bonds. The molecule has 0 aliphatic heterocycles. The van der Waals surface area contributed by atoms with E-state index >= 15 is 0 Å². The number of benzene rings is 2. The van der Waals surface area contributed by atoms with Crippen LogP contribution in [-0.2, 0) is 11.2 Å². The molecular formula is C17H17NO3. The van der Waals surface area contributed by atoms with Crippen molar-refractivity contribution >= 4 is 11.7 Å². The summed E-state index contributed by atoms with van der Waals surface area (Å²) in [4.78, 5) is 10.9. The van der Waals surface area contributed by atoms with Crippen molar-refractivity contribution in [2.75, 3.05) is 11.9 Å². The zero-order chi connectivity index (χ0) is 15.0. The van der Waals surface area contributed by atoms with E-state index in [4.69, 9.17) is 5.11 Å². The third-order valence-corrected chi connectivity index (χ3v) is 3.89. The molecule has 3 rings (SSSR count). The Kier molecular flexibility index (Phi) is 3.18. The van der Waals surface area contributed by atoms with Gasteiger partial charge in [0.25, 0.3) is 0 Å². The monoisotopic (exact) mass is 283 g/mol. The highest BCUT2D eigenvalue weighted by atomic mass is 16.4. The van der Waals surface area contributed by atoms with Gasteiger partial charge in [-0.3, -0.25) is 0 Å². The Morgan fingerprint density at radius 2 is 1.90 bits per heavy atom. The third kappa shape index (κ3) is 2.50. The van der Waals surface area contributed by atoms with E-state index in [1.54, 1.807) is 0 Å². The first-order valence-electron chi connectivity index (χ1n) is 6.88. The lowest BCUT2D eigenvalue weighted by Crippen LogP contribution is -2.41. The number of carboxylic acid groups (broad SMARTS) is 1. The van der Waals surface area contributed by atoms with Gasteiger partial charge in [-0.25, -0.2) is 4.79 Å². The van der Waals surface area contributed by atoms with E-state index in [2.05, 4.69) is 17.4 Å². The summed E-state index contributed by atoms with van der Waals surface area (Å²) in [5.74, 6) is -1.23. The molecule has 2 aromatic carbocycles. The predicted molar refractivity (Wildman–Crippen MR) is 81.4 cm³/mol. The van der Waals surface area contributed by atoms with Gasteiger partial charge < -0.3 is 15.5 Å². The van der Waals surface area contributed by atoms with Gasteiger partial charge in [0, 0.05) is 5.69 Å². The van der Waals surface area contributed by atoms with E-state index in [9.17, 15) is 9.90 Å². The van der Waals surface area contributed by atoms with Crippen LogP contribution in [0.1, 0.15) is 18.1 Å². The molecule has 0 radical (unpaired) electrons. The Morgan fingerprint density at radius 3 is 2.67 bits per heavy atom. The molecule has 0 saturated heterocycles. The molecule has 0 fully saturated rings. The molecule has 4 nitrogen and oxygen atoms in total. The van der Waals surface area contributed by atoms with Crippen LogP contribution in [0.25, 0.3) is 11.1 Å². The number of carbonyl (C=O) groups is 1. The lowest BCUT2D eigenvalue weighted by Gasteiger charge is -2.19. The molecule has 0 bridgehead atoms. The fraction of sp³-hybridized carbons (Fsp3) is 0.235. The summed E-state index contributed by atoms with van der Waals surface area (Å²) in [6.07, 6.45) is 0.885. The van der Waals surface area contributed by atoms with Gasteiger partial charge in [-0.05, 0) is 47.7 Å². The summed E-state index contributed by atoms with van der Waals surface area (Å²) in [6, 6.07) is 14.3. The molecule has 4 heteroatoms. The Morgan fingerprint density at radius 1 is 1.19 bits per heavy atom. The number of fused-ring (bicyclic) bond motifs is 3. The third-order valence-electron chi connectivity index (χ3n) is 3.89. The lowest BCUT2D eigenvalue weighted by atomic mass is 10.0. The molecule has 2 aromatic rings. The van der Waals surface area contributed by atoms with Crippen molar-refractivity contribution in [1.82, 2.24) is 0 Å². The SMILES string of the molecule is CC(O)(CNc1ccc2c(c1)Cc1ccccc1-2)C(=O)O. The van der Waals surface area contributed by atoms with Crippen LogP contribution in [0.4, 0.5) is 5.69 Å². The number of aliphatic hydroxyl groups is 1. The lowest BCUT2D eigenvalue weighted by molar-refractivity contribution is -0.155. The Labute approximate surface area is 123 Å². The second kappa shape index (κ2) is 4.90. The Bertz CT molecular complexity index is 707. The molecule has 1 atom stereocenters. The first-order valence-corrected chi connectivity index (χ1v) is 6.88. The summed E-state index contributed by atoms with van der Waals surface area (Å²) >= 11 is 0. The average Bonchev–Trinajstić information content (AvgIpc) is 2.82. The smallest absolute Gasteiger partial charge is 0.337 e. The first kappa shape index (κ1) is 13.6. The fourth-order valence-corrected chi connectivity index (χ4v) is 2.60. The van der Waals surface area contributed by atoms with Gasteiger partial charge in [0.15, 0.2) is 5.60 Å². The molecule has 0 heterocycles. The van der Waals surface area contributed by atoms with E-state index in [-0.39, 0.29) is 6.54 Å². The van der Waals surface area contributed by atoms with Crippen molar-refractivity contribution in [2.45, 2.75) is 18.9 Å². The predicted octanol–water partition coefficient (Wildman–Crippen LogP) is 2.51. The summed E-state index contributed by atoms with van der Waals surface area (Å²) < 4.78 is 0. The van der Waals surface area contributed by atoms with Gasteiger partial charge >= 0.3 is 5.97 Å². The van der Waals surface area contributed by atoms with E-state index in [1.165, 1.54) is 29.2 Å². The number of anilines is 1. The molecule has 1 aliphatic carbocycles. The van der Waals surface area contributed by atoms with E-state index in [0.29, 0.717) is 0 Å². The second-order valence-corrected chi connectivity index (χ2v) is 5.64. The average molecular weight is 283 g/mol. The minimum Gasteiger partial charge on any atom is -0.479 e. The number of aliphatic carboxylic acids is 1. The van der Waals surface area contributed by atoms with E-state index in [0.717, 1.165) is 12.1 Å².